The van der Waals surface area contributed by atoms with E-state index >= 15 is 0 Å². The Balaban J connectivity index is 1.32. The molecule has 2 atom stereocenters. The van der Waals surface area contributed by atoms with Gasteiger partial charge in [-0.1, -0.05) is 141 Å². The van der Waals surface area contributed by atoms with E-state index in [2.05, 4.69) is 168 Å². The van der Waals surface area contributed by atoms with Crippen LogP contribution in [0.3, 0.4) is 0 Å². The molecule has 2 unspecified atom stereocenters. The summed E-state index contributed by atoms with van der Waals surface area (Å²) in [5.74, 6) is 0. The monoisotopic (exact) mass is 570 g/mol. The second-order valence-electron chi connectivity index (χ2n) is 12.7. The maximum absolute atomic E-state index is 3.97. The van der Waals surface area contributed by atoms with Crippen molar-refractivity contribution in [1.29, 1.82) is 0 Å². The lowest BCUT2D eigenvalue weighted by Crippen LogP contribution is -2.56. The van der Waals surface area contributed by atoms with Gasteiger partial charge in [0, 0.05) is 16.2 Å². The van der Waals surface area contributed by atoms with Crippen LogP contribution in [0.4, 0.5) is 0 Å². The van der Waals surface area contributed by atoms with Crippen molar-refractivity contribution in [2.45, 2.75) is 37.9 Å². The molecule has 6 aromatic carbocycles. The van der Waals surface area contributed by atoms with Gasteiger partial charge in [0.15, 0.2) is 0 Å². The van der Waals surface area contributed by atoms with Crippen molar-refractivity contribution < 1.29 is 0 Å². The lowest BCUT2D eigenvalue weighted by atomic mass is 9.81. The average molecular weight is 571 g/mol. The molecule has 1 fully saturated rings. The summed E-state index contributed by atoms with van der Waals surface area (Å²) in [4.78, 5) is 0. The predicted octanol–water partition coefficient (Wildman–Crippen LogP) is 8.89. The molecule has 44 heavy (non-hydrogen) atoms. The summed E-state index contributed by atoms with van der Waals surface area (Å²) in [5.41, 5.74) is 10.3. The third kappa shape index (κ3) is 3.69. The molecule has 9 rings (SSSR count). The van der Waals surface area contributed by atoms with E-state index in [1.165, 1.54) is 66.0 Å². The molecule has 0 saturated carbocycles. The normalized spacial score (nSPS) is 20.6. The lowest BCUT2D eigenvalue weighted by molar-refractivity contribution is 0.161. The van der Waals surface area contributed by atoms with E-state index in [9.17, 15) is 0 Å². The fourth-order valence-corrected chi connectivity index (χ4v) is 7.87. The summed E-state index contributed by atoms with van der Waals surface area (Å²) >= 11 is 0. The molecule has 0 amide bonds. The maximum Gasteiger partial charge on any atom is 0.142 e. The molecule has 1 saturated heterocycles. The molecule has 4 heteroatoms. The number of rotatable bonds is 3. The summed E-state index contributed by atoms with van der Waals surface area (Å²) in [6, 6.07) is 48.5. The highest BCUT2D eigenvalue weighted by Crippen LogP contribution is 2.54. The Morgan fingerprint density at radius 3 is 1.86 bits per heavy atom. The predicted molar refractivity (Wildman–Crippen MR) is 181 cm³/mol. The van der Waals surface area contributed by atoms with Crippen LogP contribution in [0.1, 0.15) is 54.7 Å². The van der Waals surface area contributed by atoms with Gasteiger partial charge in [0.25, 0.3) is 0 Å². The van der Waals surface area contributed by atoms with Crippen LogP contribution in [0.2, 0.25) is 0 Å². The maximum atomic E-state index is 3.97. The molecule has 7 aromatic rings. The molecule has 214 valence electrons. The minimum absolute atomic E-state index is 0.0465. The molecule has 0 spiro atoms. The fraction of sp³-hybridized carbons (Fsp3) is 0.150. The zero-order valence-electron chi connectivity index (χ0n) is 24.9. The van der Waals surface area contributed by atoms with Crippen LogP contribution in [0, 0.1) is 0 Å². The molecule has 4 nitrogen and oxygen atoms in total. The molecular weight excluding hydrogens is 536 g/mol. The molecule has 0 radical (unpaired) electrons. The van der Waals surface area contributed by atoms with Crippen molar-refractivity contribution in [3.8, 4) is 11.1 Å². The third-order valence-electron chi connectivity index (χ3n) is 9.88. The minimum Gasteiger partial charge on any atom is -0.311 e. The molecule has 2 heterocycles. The smallest absolute Gasteiger partial charge is 0.142 e. The molecular formula is C40H34N4. The lowest BCUT2D eigenvalue weighted by Gasteiger charge is -2.40. The van der Waals surface area contributed by atoms with Crippen molar-refractivity contribution in [1.82, 2.24) is 20.5 Å². The van der Waals surface area contributed by atoms with Gasteiger partial charge in [-0.3, -0.25) is 16.0 Å². The fourth-order valence-electron chi connectivity index (χ4n) is 7.87. The number of aromatic nitrogens is 1. The Kier molecular flexibility index (Phi) is 5.63. The quantitative estimate of drug-likeness (QED) is 0.199. The SMILES string of the molecule is CC1(C)c2ccc3ccccc3c2-c2ccc3c4ccccc4n(C4NC(c5ccccc5)NC(c5ccccc5)N4)c3c21. The minimum atomic E-state index is -0.176. The molecule has 2 aliphatic rings. The Bertz CT molecular complexity index is 2150. The van der Waals surface area contributed by atoms with Crippen LogP contribution < -0.4 is 16.0 Å². The van der Waals surface area contributed by atoms with Crippen molar-refractivity contribution in [2.24, 2.45) is 0 Å². The van der Waals surface area contributed by atoms with Gasteiger partial charge < -0.3 is 4.57 Å². The van der Waals surface area contributed by atoms with Crippen molar-refractivity contribution in [3.63, 3.8) is 0 Å². The van der Waals surface area contributed by atoms with Crippen LogP contribution in [-0.4, -0.2) is 4.57 Å². The molecule has 1 aliphatic carbocycles. The van der Waals surface area contributed by atoms with E-state index in [4.69, 9.17) is 0 Å². The van der Waals surface area contributed by atoms with Crippen LogP contribution in [-0.2, 0) is 5.41 Å². The van der Waals surface area contributed by atoms with Crippen LogP contribution in [0.25, 0.3) is 43.7 Å². The Morgan fingerprint density at radius 2 is 1.16 bits per heavy atom. The highest BCUT2D eigenvalue weighted by molar-refractivity contribution is 6.14. The van der Waals surface area contributed by atoms with Gasteiger partial charge in [-0.05, 0) is 50.2 Å². The summed E-state index contributed by atoms with van der Waals surface area (Å²) < 4.78 is 2.53. The summed E-state index contributed by atoms with van der Waals surface area (Å²) in [7, 11) is 0. The number of nitrogens with one attached hydrogen (secondary N) is 3. The van der Waals surface area contributed by atoms with Crippen LogP contribution in [0.15, 0.2) is 133 Å². The van der Waals surface area contributed by atoms with Crippen molar-refractivity contribution in [3.05, 3.63) is 156 Å². The zero-order valence-corrected chi connectivity index (χ0v) is 24.9. The summed E-state index contributed by atoms with van der Waals surface area (Å²) in [6.45, 7) is 4.80. The Morgan fingerprint density at radius 1 is 0.545 bits per heavy atom. The highest BCUT2D eigenvalue weighted by Gasteiger charge is 2.40. The van der Waals surface area contributed by atoms with Gasteiger partial charge >= 0.3 is 0 Å². The van der Waals surface area contributed by atoms with E-state index in [1.54, 1.807) is 0 Å². The molecule has 1 aliphatic heterocycles. The second kappa shape index (κ2) is 9.63. The van der Waals surface area contributed by atoms with Crippen molar-refractivity contribution in [2.75, 3.05) is 0 Å². The zero-order chi connectivity index (χ0) is 29.4. The van der Waals surface area contributed by atoms with E-state index in [-0.39, 0.29) is 24.0 Å². The highest BCUT2D eigenvalue weighted by atomic mass is 15.4. The van der Waals surface area contributed by atoms with Gasteiger partial charge in [0.2, 0.25) is 0 Å². The Hall–Kier alpha value is -4.74. The number of benzene rings is 6. The standard InChI is InChI=1S/C40H34N4/c1-40(2)32-24-21-25-13-9-10-18-28(25)34(32)31-23-22-30-29-19-11-12-20-33(29)44(36(30)35(31)40)39-42-37(26-14-5-3-6-15-26)41-38(43-39)27-16-7-4-8-17-27/h3-24,37-39,41-43H,1-2H3. The van der Waals surface area contributed by atoms with E-state index in [0.717, 1.165) is 0 Å². The van der Waals surface area contributed by atoms with Crippen LogP contribution in [0.5, 0.6) is 0 Å². The van der Waals surface area contributed by atoms with E-state index in [1.807, 2.05) is 0 Å². The largest absolute Gasteiger partial charge is 0.311 e. The van der Waals surface area contributed by atoms with Gasteiger partial charge in [-0.15, -0.1) is 0 Å². The van der Waals surface area contributed by atoms with Gasteiger partial charge in [-0.25, -0.2) is 0 Å². The van der Waals surface area contributed by atoms with Gasteiger partial charge in [-0.2, -0.15) is 0 Å². The summed E-state index contributed by atoms with van der Waals surface area (Å²) in [5, 5.41) is 16.9. The second-order valence-corrected chi connectivity index (χ2v) is 12.7. The first-order valence-corrected chi connectivity index (χ1v) is 15.6. The van der Waals surface area contributed by atoms with E-state index < -0.39 is 0 Å². The number of hydrogen-bond donors (Lipinski definition) is 3. The van der Waals surface area contributed by atoms with Gasteiger partial charge in [0.1, 0.15) is 6.29 Å². The first-order chi connectivity index (χ1) is 21.6. The number of nitrogens with zero attached hydrogens (tertiary/aromatic N) is 1. The third-order valence-corrected chi connectivity index (χ3v) is 9.88. The molecule has 0 bridgehead atoms. The van der Waals surface area contributed by atoms with Crippen LogP contribution >= 0.6 is 0 Å². The number of hydrogen-bond acceptors (Lipinski definition) is 3. The topological polar surface area (TPSA) is 41.0 Å². The Labute approximate surface area is 257 Å². The molecule has 1 aromatic heterocycles. The first-order valence-electron chi connectivity index (χ1n) is 15.6. The number of fused-ring (bicyclic) bond motifs is 9. The van der Waals surface area contributed by atoms with E-state index in [0.29, 0.717) is 0 Å². The number of para-hydroxylation sites is 1. The molecule has 3 N–H and O–H groups in total. The summed E-state index contributed by atoms with van der Waals surface area (Å²) in [6.07, 6.45) is -0.263. The van der Waals surface area contributed by atoms with Crippen molar-refractivity contribution >= 4 is 32.6 Å². The average Bonchev–Trinajstić information content (AvgIpc) is 3.54. The first kappa shape index (κ1) is 25.7. The van der Waals surface area contributed by atoms with Gasteiger partial charge in [0.05, 0.1) is 23.4 Å².